The van der Waals surface area contributed by atoms with Crippen molar-refractivity contribution in [3.05, 3.63) is 0 Å². The highest BCUT2D eigenvalue weighted by molar-refractivity contribution is 7.89. The lowest BCUT2D eigenvalue weighted by Gasteiger charge is -2.37. The molecule has 0 aromatic heterocycles. The molecule has 6 heteroatoms. The molecular formula is C13H27NO4S. The van der Waals surface area contributed by atoms with Crippen molar-refractivity contribution < 1.29 is 17.9 Å². The van der Waals surface area contributed by atoms with Crippen LogP contribution in [0.3, 0.4) is 0 Å². The molecule has 0 aromatic carbocycles. The van der Waals surface area contributed by atoms with Crippen LogP contribution in [0.1, 0.15) is 46.0 Å². The minimum atomic E-state index is -3.46. The summed E-state index contributed by atoms with van der Waals surface area (Å²) in [4.78, 5) is 0. The van der Waals surface area contributed by atoms with E-state index in [0.29, 0.717) is 19.8 Å². The summed E-state index contributed by atoms with van der Waals surface area (Å²) in [6.07, 6.45) is 5.02. The first-order valence-corrected chi connectivity index (χ1v) is 8.78. The van der Waals surface area contributed by atoms with Gasteiger partial charge in [-0.05, 0) is 26.7 Å². The van der Waals surface area contributed by atoms with Crippen molar-refractivity contribution in [1.82, 2.24) is 0 Å². The van der Waals surface area contributed by atoms with Gasteiger partial charge in [0.1, 0.15) is 0 Å². The van der Waals surface area contributed by atoms with Gasteiger partial charge in [-0.15, -0.1) is 0 Å². The maximum absolute atomic E-state index is 11.4. The third-order valence-electron chi connectivity index (χ3n) is 3.65. The fourth-order valence-corrected chi connectivity index (χ4v) is 3.94. The van der Waals surface area contributed by atoms with Gasteiger partial charge in [-0.1, -0.05) is 19.3 Å². The summed E-state index contributed by atoms with van der Waals surface area (Å²) < 4.78 is 33.9. The molecule has 0 spiro atoms. The Kier molecular flexibility index (Phi) is 6.73. The summed E-state index contributed by atoms with van der Waals surface area (Å²) in [6, 6.07) is 0. The lowest BCUT2D eigenvalue weighted by molar-refractivity contribution is -0.0447. The normalized spacial score (nSPS) is 21.2. The second-order valence-corrected chi connectivity index (χ2v) is 7.26. The lowest BCUT2D eigenvalue weighted by Crippen LogP contribution is -2.40. The molecule has 0 heterocycles. The van der Waals surface area contributed by atoms with Crippen LogP contribution in [0.25, 0.3) is 0 Å². The maximum atomic E-state index is 11.4. The number of hydrogen-bond donors (Lipinski definition) is 1. The van der Waals surface area contributed by atoms with Crippen LogP contribution in [0.4, 0.5) is 0 Å². The minimum Gasteiger partial charge on any atom is -0.379 e. The summed E-state index contributed by atoms with van der Waals surface area (Å²) in [5, 5.41) is 5.23. The van der Waals surface area contributed by atoms with Crippen molar-refractivity contribution in [2.24, 2.45) is 10.6 Å². The molecule has 0 aliphatic heterocycles. The molecule has 2 N–H and O–H groups in total. The van der Waals surface area contributed by atoms with Gasteiger partial charge in [-0.25, -0.2) is 13.6 Å². The first-order chi connectivity index (χ1) is 8.87. The molecule has 1 aliphatic rings. The van der Waals surface area contributed by atoms with Crippen molar-refractivity contribution in [3.8, 4) is 0 Å². The molecule has 1 fully saturated rings. The van der Waals surface area contributed by atoms with Crippen LogP contribution in [0.15, 0.2) is 0 Å². The van der Waals surface area contributed by atoms with E-state index in [9.17, 15) is 8.42 Å². The molecular weight excluding hydrogens is 266 g/mol. The highest BCUT2D eigenvalue weighted by Gasteiger charge is 2.36. The Morgan fingerprint density at radius 2 is 1.89 bits per heavy atom. The zero-order valence-corrected chi connectivity index (χ0v) is 12.9. The molecule has 5 nitrogen and oxygen atoms in total. The van der Waals surface area contributed by atoms with E-state index in [1.807, 2.05) is 13.8 Å². The van der Waals surface area contributed by atoms with Crippen LogP contribution in [0.5, 0.6) is 0 Å². The van der Waals surface area contributed by atoms with E-state index in [0.717, 1.165) is 25.7 Å². The molecule has 1 saturated carbocycles. The Bertz CT molecular complexity index is 350. The van der Waals surface area contributed by atoms with E-state index in [1.54, 1.807) is 0 Å². The maximum Gasteiger partial charge on any atom is 0.209 e. The Labute approximate surface area is 116 Å². The topological polar surface area (TPSA) is 78.6 Å². The predicted octanol–water partition coefficient (Wildman–Crippen LogP) is 1.67. The molecule has 0 saturated heterocycles. The average Bonchev–Trinajstić information content (AvgIpc) is 2.33. The molecule has 19 heavy (non-hydrogen) atoms. The van der Waals surface area contributed by atoms with E-state index in [4.69, 9.17) is 14.6 Å². The van der Waals surface area contributed by atoms with E-state index in [1.165, 1.54) is 6.42 Å². The van der Waals surface area contributed by atoms with Crippen LogP contribution in [-0.4, -0.2) is 40.1 Å². The molecule has 1 aliphatic carbocycles. The number of nitrogens with two attached hydrogens (primary N) is 1. The van der Waals surface area contributed by atoms with Crippen molar-refractivity contribution >= 4 is 10.0 Å². The van der Waals surface area contributed by atoms with Crippen molar-refractivity contribution in [2.75, 3.05) is 25.6 Å². The first-order valence-electron chi connectivity index (χ1n) is 7.07. The molecule has 0 aromatic rings. The highest BCUT2D eigenvalue weighted by atomic mass is 32.2. The molecule has 1 rings (SSSR count). The zero-order valence-electron chi connectivity index (χ0n) is 12.1. The summed E-state index contributed by atoms with van der Waals surface area (Å²) in [5.74, 6) is 0.0291. The summed E-state index contributed by atoms with van der Waals surface area (Å²) in [5.41, 5.74) is -0.299. The third kappa shape index (κ3) is 6.70. The Hall–Kier alpha value is -0.170. The number of rotatable bonds is 8. The van der Waals surface area contributed by atoms with Gasteiger partial charge in [0.05, 0.1) is 25.1 Å². The average molecular weight is 293 g/mol. The van der Waals surface area contributed by atoms with Gasteiger partial charge in [-0.3, -0.25) is 0 Å². The first kappa shape index (κ1) is 16.9. The third-order valence-corrected chi connectivity index (χ3v) is 4.67. The second-order valence-electron chi connectivity index (χ2n) is 5.65. The zero-order chi connectivity index (χ0) is 14.4. The number of hydrogen-bond acceptors (Lipinski definition) is 4. The number of ether oxygens (including phenoxy) is 2. The van der Waals surface area contributed by atoms with Crippen LogP contribution >= 0.6 is 0 Å². The van der Waals surface area contributed by atoms with Crippen molar-refractivity contribution in [2.45, 2.75) is 52.1 Å². The minimum absolute atomic E-state index is 0.0146. The summed E-state index contributed by atoms with van der Waals surface area (Å²) >= 11 is 0. The van der Waals surface area contributed by atoms with Gasteiger partial charge in [0.25, 0.3) is 0 Å². The van der Waals surface area contributed by atoms with Gasteiger partial charge < -0.3 is 9.47 Å². The Morgan fingerprint density at radius 3 is 2.42 bits per heavy atom. The molecule has 0 radical (unpaired) electrons. The molecule has 0 bridgehead atoms. The molecule has 0 amide bonds. The van der Waals surface area contributed by atoms with Gasteiger partial charge in [0, 0.05) is 12.0 Å². The molecule has 114 valence electrons. The van der Waals surface area contributed by atoms with Gasteiger partial charge in [-0.2, -0.15) is 0 Å². The predicted molar refractivity (Wildman–Crippen MR) is 75.4 cm³/mol. The quantitative estimate of drug-likeness (QED) is 0.738. The highest BCUT2D eigenvalue weighted by Crippen LogP contribution is 2.37. The number of sulfonamides is 1. The second kappa shape index (κ2) is 7.57. The van der Waals surface area contributed by atoms with E-state index < -0.39 is 10.0 Å². The van der Waals surface area contributed by atoms with E-state index in [-0.39, 0.29) is 17.3 Å². The van der Waals surface area contributed by atoms with Gasteiger partial charge >= 0.3 is 0 Å². The van der Waals surface area contributed by atoms with Crippen molar-refractivity contribution in [1.29, 1.82) is 0 Å². The molecule has 1 atom stereocenters. The van der Waals surface area contributed by atoms with Crippen LogP contribution in [-0.2, 0) is 19.5 Å². The van der Waals surface area contributed by atoms with E-state index in [2.05, 4.69) is 0 Å². The van der Waals surface area contributed by atoms with Gasteiger partial charge in [0.15, 0.2) is 0 Å². The Balaban J connectivity index is 2.54. The standard InChI is InChI=1S/C13H27NO4S/c1-3-17-9-12(2)18-10-13(11-19(14,15)16)7-5-4-6-8-13/h12H,3-11H2,1-2H3,(H2,14,15,16). The summed E-state index contributed by atoms with van der Waals surface area (Å²) in [6.45, 7) is 5.55. The van der Waals surface area contributed by atoms with Gasteiger partial charge in [0.2, 0.25) is 10.0 Å². The SMILES string of the molecule is CCOCC(C)OCC1(CS(N)(=O)=O)CCCCC1. The van der Waals surface area contributed by atoms with E-state index >= 15 is 0 Å². The lowest BCUT2D eigenvalue weighted by atomic mass is 9.76. The molecule has 1 unspecified atom stereocenters. The van der Waals surface area contributed by atoms with Crippen LogP contribution in [0.2, 0.25) is 0 Å². The monoisotopic (exact) mass is 293 g/mol. The van der Waals surface area contributed by atoms with Crippen LogP contribution in [0, 0.1) is 5.41 Å². The smallest absolute Gasteiger partial charge is 0.209 e. The van der Waals surface area contributed by atoms with Crippen LogP contribution < -0.4 is 5.14 Å². The Morgan fingerprint density at radius 1 is 1.26 bits per heavy atom. The number of primary sulfonamides is 1. The fraction of sp³-hybridized carbons (Fsp3) is 1.00. The van der Waals surface area contributed by atoms with Crippen molar-refractivity contribution in [3.63, 3.8) is 0 Å². The fourth-order valence-electron chi connectivity index (χ4n) is 2.71. The largest absolute Gasteiger partial charge is 0.379 e. The summed E-state index contributed by atoms with van der Waals surface area (Å²) in [7, 11) is -3.46.